The molecule has 0 unspecified atom stereocenters. The average molecular weight is 336 g/mol. The SMILES string of the molecule is C#Cc1cccc(Nc2ncnc3cnc(NC(CO)CO)nc23)c1. The maximum Gasteiger partial charge on any atom is 0.223 e. The molecule has 0 saturated carbocycles. The van der Waals surface area contributed by atoms with Crippen molar-refractivity contribution in [3.05, 3.63) is 42.4 Å². The third kappa shape index (κ3) is 3.80. The van der Waals surface area contributed by atoms with Crippen molar-refractivity contribution in [2.24, 2.45) is 0 Å². The van der Waals surface area contributed by atoms with Gasteiger partial charge in [-0.2, -0.15) is 0 Å². The third-order valence-electron chi connectivity index (χ3n) is 3.44. The third-order valence-corrected chi connectivity index (χ3v) is 3.44. The van der Waals surface area contributed by atoms with Gasteiger partial charge in [0.25, 0.3) is 0 Å². The molecule has 0 bridgehead atoms. The Balaban J connectivity index is 1.95. The van der Waals surface area contributed by atoms with E-state index in [0.29, 0.717) is 16.9 Å². The van der Waals surface area contributed by atoms with Gasteiger partial charge in [-0.3, -0.25) is 0 Å². The van der Waals surface area contributed by atoms with Crippen molar-refractivity contribution in [3.8, 4) is 12.3 Å². The Bertz CT molecular complexity index is 920. The molecule has 3 rings (SSSR count). The summed E-state index contributed by atoms with van der Waals surface area (Å²) in [4.78, 5) is 16.9. The van der Waals surface area contributed by atoms with Crippen molar-refractivity contribution in [1.82, 2.24) is 19.9 Å². The average Bonchev–Trinajstić information content (AvgIpc) is 2.66. The van der Waals surface area contributed by atoms with Gasteiger partial charge in [0.2, 0.25) is 5.95 Å². The van der Waals surface area contributed by atoms with Gasteiger partial charge in [0.05, 0.1) is 25.5 Å². The van der Waals surface area contributed by atoms with Crippen LogP contribution in [0, 0.1) is 12.3 Å². The Morgan fingerprint density at radius 2 is 2.00 bits per heavy atom. The summed E-state index contributed by atoms with van der Waals surface area (Å²) in [5.74, 6) is 3.33. The quantitative estimate of drug-likeness (QED) is 0.491. The monoisotopic (exact) mass is 336 g/mol. The van der Waals surface area contributed by atoms with Crippen molar-refractivity contribution in [3.63, 3.8) is 0 Å². The van der Waals surface area contributed by atoms with Crippen molar-refractivity contribution >= 4 is 28.5 Å². The van der Waals surface area contributed by atoms with E-state index in [1.807, 2.05) is 24.3 Å². The largest absolute Gasteiger partial charge is 0.394 e. The van der Waals surface area contributed by atoms with E-state index < -0.39 is 6.04 Å². The topological polar surface area (TPSA) is 116 Å². The number of nitrogens with one attached hydrogen (secondary N) is 2. The van der Waals surface area contributed by atoms with Crippen LogP contribution in [0.2, 0.25) is 0 Å². The lowest BCUT2D eigenvalue weighted by Crippen LogP contribution is -2.28. The molecule has 0 fully saturated rings. The van der Waals surface area contributed by atoms with E-state index in [9.17, 15) is 0 Å². The minimum absolute atomic E-state index is 0.243. The van der Waals surface area contributed by atoms with Crippen LogP contribution in [0.15, 0.2) is 36.8 Å². The Morgan fingerprint density at radius 1 is 1.16 bits per heavy atom. The fraction of sp³-hybridized carbons (Fsp3) is 0.176. The molecule has 2 aromatic heterocycles. The molecule has 2 heterocycles. The fourth-order valence-corrected chi connectivity index (χ4v) is 2.17. The van der Waals surface area contributed by atoms with Crippen LogP contribution in [0.1, 0.15) is 5.56 Å². The molecule has 25 heavy (non-hydrogen) atoms. The highest BCUT2D eigenvalue weighted by atomic mass is 16.3. The van der Waals surface area contributed by atoms with Crippen LogP contribution in [0.5, 0.6) is 0 Å². The number of hydrogen-bond donors (Lipinski definition) is 4. The van der Waals surface area contributed by atoms with Gasteiger partial charge in [0.15, 0.2) is 5.82 Å². The molecule has 0 aliphatic rings. The minimum atomic E-state index is -0.550. The smallest absolute Gasteiger partial charge is 0.223 e. The van der Waals surface area contributed by atoms with E-state index in [2.05, 4.69) is 36.5 Å². The molecule has 0 saturated heterocycles. The van der Waals surface area contributed by atoms with Gasteiger partial charge >= 0.3 is 0 Å². The maximum absolute atomic E-state index is 9.17. The predicted molar refractivity (Wildman–Crippen MR) is 94.4 cm³/mol. The second kappa shape index (κ2) is 7.53. The van der Waals surface area contributed by atoms with Crippen LogP contribution in [-0.4, -0.2) is 49.4 Å². The number of rotatable bonds is 6. The number of nitrogens with zero attached hydrogens (tertiary/aromatic N) is 4. The molecule has 0 aliphatic heterocycles. The molecule has 126 valence electrons. The Morgan fingerprint density at radius 3 is 2.76 bits per heavy atom. The lowest BCUT2D eigenvalue weighted by molar-refractivity contribution is 0.203. The Kier molecular flexibility index (Phi) is 4.99. The van der Waals surface area contributed by atoms with Crippen molar-refractivity contribution in [2.75, 3.05) is 23.8 Å². The summed E-state index contributed by atoms with van der Waals surface area (Å²) in [5.41, 5.74) is 2.57. The normalized spacial score (nSPS) is 10.6. The summed E-state index contributed by atoms with van der Waals surface area (Å²) in [6, 6.07) is 6.81. The van der Waals surface area contributed by atoms with Gasteiger partial charge in [-0.1, -0.05) is 12.0 Å². The first-order chi connectivity index (χ1) is 12.2. The molecule has 0 aliphatic carbocycles. The predicted octanol–water partition coefficient (Wildman–Crippen LogP) is 0.910. The summed E-state index contributed by atoms with van der Waals surface area (Å²) in [6.45, 7) is -0.486. The number of benzene rings is 1. The van der Waals surface area contributed by atoms with Gasteiger partial charge in [0, 0.05) is 11.3 Å². The number of aliphatic hydroxyl groups is 2. The number of aliphatic hydroxyl groups excluding tert-OH is 2. The molecule has 3 aromatic rings. The van der Waals surface area contributed by atoms with Crippen molar-refractivity contribution in [2.45, 2.75) is 6.04 Å². The second-order valence-electron chi connectivity index (χ2n) is 5.21. The van der Waals surface area contributed by atoms with Gasteiger partial charge in [-0.05, 0) is 18.2 Å². The van der Waals surface area contributed by atoms with E-state index >= 15 is 0 Å². The van der Waals surface area contributed by atoms with E-state index in [-0.39, 0.29) is 19.2 Å². The summed E-state index contributed by atoms with van der Waals surface area (Å²) < 4.78 is 0. The first kappa shape index (κ1) is 16.6. The van der Waals surface area contributed by atoms with Crippen LogP contribution in [0.25, 0.3) is 11.0 Å². The van der Waals surface area contributed by atoms with Crippen molar-refractivity contribution in [1.29, 1.82) is 0 Å². The summed E-state index contributed by atoms with van der Waals surface area (Å²) >= 11 is 0. The highest BCUT2D eigenvalue weighted by Crippen LogP contribution is 2.22. The molecule has 0 spiro atoms. The number of fused-ring (bicyclic) bond motifs is 1. The van der Waals surface area contributed by atoms with Crippen LogP contribution < -0.4 is 10.6 Å². The molecule has 4 N–H and O–H groups in total. The second-order valence-corrected chi connectivity index (χ2v) is 5.21. The van der Waals surface area contributed by atoms with E-state index in [4.69, 9.17) is 16.6 Å². The molecule has 0 radical (unpaired) electrons. The Hall–Kier alpha value is -3.28. The fourth-order valence-electron chi connectivity index (χ4n) is 2.17. The van der Waals surface area contributed by atoms with Gasteiger partial charge < -0.3 is 20.8 Å². The zero-order chi connectivity index (χ0) is 17.6. The zero-order valence-corrected chi connectivity index (χ0v) is 13.2. The number of anilines is 3. The lowest BCUT2D eigenvalue weighted by atomic mass is 10.2. The lowest BCUT2D eigenvalue weighted by Gasteiger charge is -2.14. The van der Waals surface area contributed by atoms with Gasteiger partial charge in [-0.25, -0.2) is 19.9 Å². The van der Waals surface area contributed by atoms with Crippen LogP contribution >= 0.6 is 0 Å². The standard InChI is InChI=1S/C17H16N6O2/c1-2-11-4-3-5-12(6-11)21-16-15-14(19-10-20-16)7-18-17(23-15)22-13(8-24)9-25/h1,3-7,10,13,24-25H,8-9H2,(H,18,22,23)(H,19,20,21). The van der Waals surface area contributed by atoms with Crippen molar-refractivity contribution < 1.29 is 10.2 Å². The first-order valence-corrected chi connectivity index (χ1v) is 7.53. The van der Waals surface area contributed by atoms with Crippen LogP contribution in [0.4, 0.5) is 17.5 Å². The van der Waals surface area contributed by atoms with E-state index in [0.717, 1.165) is 11.3 Å². The van der Waals surface area contributed by atoms with Crippen LogP contribution in [-0.2, 0) is 0 Å². The minimum Gasteiger partial charge on any atom is -0.394 e. The molecular formula is C17H16N6O2. The zero-order valence-electron chi connectivity index (χ0n) is 13.2. The molecular weight excluding hydrogens is 320 g/mol. The number of aromatic nitrogens is 4. The molecule has 1 aromatic carbocycles. The molecule has 8 nitrogen and oxygen atoms in total. The highest BCUT2D eigenvalue weighted by Gasteiger charge is 2.11. The Labute approximate surface area is 144 Å². The summed E-state index contributed by atoms with van der Waals surface area (Å²) in [6.07, 6.45) is 8.38. The molecule has 0 atom stereocenters. The van der Waals surface area contributed by atoms with E-state index in [1.54, 1.807) is 6.20 Å². The molecule has 8 heteroatoms. The molecule has 0 amide bonds. The van der Waals surface area contributed by atoms with Gasteiger partial charge in [-0.15, -0.1) is 6.42 Å². The number of terminal acetylenes is 1. The van der Waals surface area contributed by atoms with E-state index in [1.165, 1.54) is 6.33 Å². The maximum atomic E-state index is 9.17. The summed E-state index contributed by atoms with van der Waals surface area (Å²) in [5, 5.41) is 24.4. The first-order valence-electron chi connectivity index (χ1n) is 7.53. The highest BCUT2D eigenvalue weighted by molar-refractivity contribution is 5.87. The van der Waals surface area contributed by atoms with Gasteiger partial charge in [0.1, 0.15) is 17.4 Å². The number of hydrogen-bond acceptors (Lipinski definition) is 8. The summed E-state index contributed by atoms with van der Waals surface area (Å²) in [7, 11) is 0. The van der Waals surface area contributed by atoms with Crippen LogP contribution in [0.3, 0.4) is 0 Å².